The van der Waals surface area contributed by atoms with Gasteiger partial charge in [-0.05, 0) is 42.0 Å². The van der Waals surface area contributed by atoms with E-state index in [1.807, 2.05) is 78.9 Å². The first-order chi connectivity index (χ1) is 16.5. The van der Waals surface area contributed by atoms with Gasteiger partial charge in [-0.1, -0.05) is 82.4 Å². The molecule has 0 saturated carbocycles. The van der Waals surface area contributed by atoms with E-state index >= 15 is 0 Å². The van der Waals surface area contributed by atoms with Crippen LogP contribution in [0.15, 0.2) is 82.2 Å². The van der Waals surface area contributed by atoms with Gasteiger partial charge in [0.15, 0.2) is 11.5 Å². The van der Waals surface area contributed by atoms with Gasteiger partial charge < -0.3 is 14.2 Å². The first-order valence-corrected chi connectivity index (χ1v) is 12.5. The zero-order valence-corrected chi connectivity index (χ0v) is 21.6. The monoisotopic (exact) mass is 555 g/mol. The molecule has 5 nitrogen and oxygen atoms in total. The van der Waals surface area contributed by atoms with Gasteiger partial charge in [-0.3, -0.25) is 9.69 Å². The van der Waals surface area contributed by atoms with Crippen molar-refractivity contribution < 1.29 is 19.0 Å². The predicted octanol–water partition coefficient (Wildman–Crippen LogP) is 6.32. The normalized spacial score (nSPS) is 14.5. The van der Waals surface area contributed by atoms with Crippen LogP contribution in [0.5, 0.6) is 17.2 Å². The molecule has 1 saturated heterocycles. The maximum absolute atomic E-state index is 13.1. The van der Waals surface area contributed by atoms with Gasteiger partial charge in [0.05, 0.1) is 18.6 Å². The first kappa shape index (κ1) is 24.3. The van der Waals surface area contributed by atoms with E-state index in [1.54, 1.807) is 12.0 Å². The second-order valence-electron chi connectivity index (χ2n) is 7.28. The van der Waals surface area contributed by atoms with Crippen LogP contribution in [0.4, 0.5) is 0 Å². The van der Waals surface area contributed by atoms with Crippen molar-refractivity contribution in [3.8, 4) is 17.2 Å². The van der Waals surface area contributed by atoms with Crippen molar-refractivity contribution in [1.29, 1.82) is 0 Å². The lowest BCUT2D eigenvalue weighted by atomic mass is 10.1. The zero-order chi connectivity index (χ0) is 23.9. The van der Waals surface area contributed by atoms with Crippen molar-refractivity contribution in [3.05, 3.63) is 93.3 Å². The largest absolute Gasteiger partial charge is 0.493 e. The molecule has 1 fully saturated rings. The number of amides is 1. The van der Waals surface area contributed by atoms with E-state index < -0.39 is 0 Å². The molecule has 34 heavy (non-hydrogen) atoms. The van der Waals surface area contributed by atoms with Crippen LogP contribution >= 0.6 is 39.9 Å². The Hall–Kier alpha value is -2.81. The summed E-state index contributed by atoms with van der Waals surface area (Å²) >= 11 is 10.3. The third-order valence-electron chi connectivity index (χ3n) is 4.98. The minimum Gasteiger partial charge on any atom is -0.493 e. The van der Waals surface area contributed by atoms with Gasteiger partial charge in [-0.2, -0.15) is 0 Å². The Kier molecular flexibility index (Phi) is 8.26. The molecule has 0 atom stereocenters. The van der Waals surface area contributed by atoms with Gasteiger partial charge in [0.2, 0.25) is 0 Å². The maximum atomic E-state index is 13.1. The van der Waals surface area contributed by atoms with Gasteiger partial charge >= 0.3 is 0 Å². The quantitative estimate of drug-likeness (QED) is 0.175. The van der Waals surface area contributed by atoms with E-state index in [9.17, 15) is 4.79 Å². The molecule has 0 aromatic heterocycles. The molecule has 0 bridgehead atoms. The van der Waals surface area contributed by atoms with Crippen LogP contribution in [-0.2, 0) is 11.3 Å². The number of rotatable bonds is 9. The summed E-state index contributed by atoms with van der Waals surface area (Å²) in [5, 5.41) is 0. The summed E-state index contributed by atoms with van der Waals surface area (Å²) in [6, 6.07) is 23.0. The Morgan fingerprint density at radius 1 is 0.941 bits per heavy atom. The molecule has 0 spiro atoms. The summed E-state index contributed by atoms with van der Waals surface area (Å²) in [4.78, 5) is 15.3. The number of hydrogen-bond acceptors (Lipinski definition) is 6. The van der Waals surface area contributed by atoms with E-state index in [4.69, 9.17) is 26.4 Å². The third kappa shape index (κ3) is 6.00. The molecule has 174 valence electrons. The Balaban J connectivity index is 1.44. The Labute approximate surface area is 216 Å². The van der Waals surface area contributed by atoms with Crippen LogP contribution < -0.4 is 14.2 Å². The van der Waals surface area contributed by atoms with Crippen LogP contribution in [-0.4, -0.2) is 35.5 Å². The van der Waals surface area contributed by atoms with Crippen LogP contribution in [0.25, 0.3) is 6.08 Å². The van der Waals surface area contributed by atoms with Crippen molar-refractivity contribution in [2.75, 3.05) is 20.3 Å². The third-order valence-corrected chi connectivity index (χ3v) is 6.85. The fourth-order valence-electron chi connectivity index (χ4n) is 3.35. The van der Waals surface area contributed by atoms with Gasteiger partial charge in [-0.25, -0.2) is 0 Å². The highest BCUT2D eigenvalue weighted by Crippen LogP contribution is 2.36. The number of benzene rings is 3. The van der Waals surface area contributed by atoms with Crippen LogP contribution in [0.3, 0.4) is 0 Å². The minimum atomic E-state index is -0.107. The number of halogens is 1. The van der Waals surface area contributed by atoms with Crippen molar-refractivity contribution >= 4 is 56.2 Å². The van der Waals surface area contributed by atoms with Crippen LogP contribution in [0.1, 0.15) is 11.1 Å². The zero-order valence-electron chi connectivity index (χ0n) is 18.4. The van der Waals surface area contributed by atoms with E-state index in [-0.39, 0.29) is 5.91 Å². The van der Waals surface area contributed by atoms with E-state index in [0.29, 0.717) is 46.2 Å². The molecule has 3 aromatic carbocycles. The molecule has 1 amide bonds. The van der Waals surface area contributed by atoms with Crippen molar-refractivity contribution in [3.63, 3.8) is 0 Å². The van der Waals surface area contributed by atoms with Gasteiger partial charge in [0.1, 0.15) is 23.3 Å². The number of ether oxygens (including phenoxy) is 3. The second-order valence-corrected chi connectivity index (χ2v) is 9.87. The molecule has 0 unspecified atom stereocenters. The summed E-state index contributed by atoms with van der Waals surface area (Å²) < 4.78 is 18.5. The number of para-hydroxylation sites is 2. The average molecular weight is 557 g/mol. The molecule has 1 aliphatic heterocycles. The lowest BCUT2D eigenvalue weighted by molar-refractivity contribution is -0.122. The van der Waals surface area contributed by atoms with Crippen molar-refractivity contribution in [1.82, 2.24) is 4.90 Å². The smallest absolute Gasteiger partial charge is 0.266 e. The molecule has 1 aliphatic rings. The highest BCUT2D eigenvalue weighted by atomic mass is 79.9. The number of thiocarbonyl (C=S) groups is 1. The van der Waals surface area contributed by atoms with Gasteiger partial charge in [-0.15, -0.1) is 0 Å². The second kappa shape index (κ2) is 11.6. The molecule has 4 rings (SSSR count). The number of carbonyl (C=O) groups is 1. The molecule has 1 heterocycles. The Bertz CT molecular complexity index is 1220. The molecule has 0 aliphatic carbocycles. The molecular weight excluding hydrogens is 534 g/mol. The number of thioether (sulfide) groups is 1. The highest BCUT2D eigenvalue weighted by Gasteiger charge is 2.32. The number of nitrogens with zero attached hydrogens (tertiary/aromatic N) is 1. The van der Waals surface area contributed by atoms with Crippen LogP contribution in [0, 0.1) is 0 Å². The van der Waals surface area contributed by atoms with Gasteiger partial charge in [0.25, 0.3) is 5.91 Å². The highest BCUT2D eigenvalue weighted by molar-refractivity contribution is 9.10. The topological polar surface area (TPSA) is 48.0 Å². The SMILES string of the molecule is COc1ccccc1OCCOc1ccc(Br)cc1/C=C1\SC(=S)N(Cc2ccccc2)C1=O. The first-order valence-electron chi connectivity index (χ1n) is 10.5. The van der Waals surface area contributed by atoms with Crippen LogP contribution in [0.2, 0.25) is 0 Å². The summed E-state index contributed by atoms with van der Waals surface area (Å²) in [6.45, 7) is 1.12. The van der Waals surface area contributed by atoms with E-state index in [0.717, 1.165) is 15.6 Å². The molecule has 3 aromatic rings. The van der Waals surface area contributed by atoms with Crippen molar-refractivity contribution in [2.24, 2.45) is 0 Å². The number of carbonyl (C=O) groups excluding carboxylic acids is 1. The summed E-state index contributed by atoms with van der Waals surface area (Å²) in [6.07, 6.45) is 1.82. The lowest BCUT2D eigenvalue weighted by Gasteiger charge is -2.14. The summed E-state index contributed by atoms with van der Waals surface area (Å²) in [5.74, 6) is 1.88. The number of hydrogen-bond donors (Lipinski definition) is 0. The van der Waals surface area contributed by atoms with Gasteiger partial charge in [0, 0.05) is 10.0 Å². The molecule has 8 heteroatoms. The molecular formula is C26H22BrNO4S2. The maximum Gasteiger partial charge on any atom is 0.266 e. The number of methoxy groups -OCH3 is 1. The molecule has 0 radical (unpaired) electrons. The van der Waals surface area contributed by atoms with E-state index in [2.05, 4.69) is 15.9 Å². The fraction of sp³-hybridized carbons (Fsp3) is 0.154. The van der Waals surface area contributed by atoms with E-state index in [1.165, 1.54) is 11.8 Å². The van der Waals surface area contributed by atoms with Crippen molar-refractivity contribution in [2.45, 2.75) is 6.54 Å². The minimum absolute atomic E-state index is 0.107. The summed E-state index contributed by atoms with van der Waals surface area (Å²) in [7, 11) is 1.61. The standard InChI is InChI=1S/C26H22BrNO4S2/c1-30-22-9-5-6-10-23(22)32-14-13-31-21-12-11-20(27)15-19(21)16-24-25(29)28(26(33)34-24)17-18-7-3-2-4-8-18/h2-12,15-16H,13-14,17H2,1H3/b24-16-. The average Bonchev–Trinajstić information content (AvgIpc) is 3.11. The fourth-order valence-corrected chi connectivity index (χ4v) is 4.97. The predicted molar refractivity (Wildman–Crippen MR) is 143 cm³/mol. The Morgan fingerprint density at radius 2 is 1.62 bits per heavy atom. The molecule has 0 N–H and O–H groups in total. The summed E-state index contributed by atoms with van der Waals surface area (Å²) in [5.41, 5.74) is 1.81. The Morgan fingerprint density at radius 3 is 2.35 bits per heavy atom. The lowest BCUT2D eigenvalue weighted by Crippen LogP contribution is -2.27.